The van der Waals surface area contributed by atoms with Gasteiger partial charge in [-0.1, -0.05) is 0 Å². The van der Waals surface area contributed by atoms with E-state index >= 15 is 0 Å². The molecule has 0 aromatic carbocycles. The number of rotatable bonds is 2. The second-order valence-corrected chi connectivity index (χ2v) is 2.30. The molecule has 4 nitrogen and oxygen atoms in total. The molecule has 4 heteroatoms. The van der Waals surface area contributed by atoms with Gasteiger partial charge in [0.1, 0.15) is 5.82 Å². The van der Waals surface area contributed by atoms with E-state index in [9.17, 15) is 0 Å². The number of nitrogens with one attached hydrogen (secondary N) is 2. The van der Waals surface area contributed by atoms with E-state index in [4.69, 9.17) is 5.84 Å². The molecule has 0 aliphatic rings. The van der Waals surface area contributed by atoms with Crippen LogP contribution >= 0.6 is 0 Å². The third-order valence-electron chi connectivity index (χ3n) is 1.42. The number of aromatic nitrogens is 1. The first-order chi connectivity index (χ1) is 5.27. The summed E-state index contributed by atoms with van der Waals surface area (Å²) in [4.78, 5) is 4.11. The summed E-state index contributed by atoms with van der Waals surface area (Å²) in [6.45, 7) is 1.97. The lowest BCUT2D eigenvalue weighted by Gasteiger charge is -2.06. The average molecular weight is 152 g/mol. The zero-order valence-electron chi connectivity index (χ0n) is 6.68. The number of hydrazine groups is 1. The van der Waals surface area contributed by atoms with E-state index in [-0.39, 0.29) is 0 Å². The third-order valence-corrected chi connectivity index (χ3v) is 1.42. The number of hydrogen-bond donors (Lipinski definition) is 3. The van der Waals surface area contributed by atoms with Gasteiger partial charge in [-0.2, -0.15) is 0 Å². The molecule has 0 aliphatic heterocycles. The molecule has 0 aliphatic carbocycles. The normalized spacial score (nSPS) is 9.36. The van der Waals surface area contributed by atoms with Crippen LogP contribution in [0.15, 0.2) is 12.3 Å². The van der Waals surface area contributed by atoms with Gasteiger partial charge in [0, 0.05) is 13.2 Å². The van der Waals surface area contributed by atoms with Crippen molar-refractivity contribution < 1.29 is 0 Å². The maximum atomic E-state index is 5.27. The van der Waals surface area contributed by atoms with Gasteiger partial charge >= 0.3 is 0 Å². The summed E-state index contributed by atoms with van der Waals surface area (Å²) in [6, 6.07) is 1.93. The van der Waals surface area contributed by atoms with Crippen LogP contribution in [0, 0.1) is 6.92 Å². The average Bonchev–Trinajstić information content (AvgIpc) is 2.04. The predicted molar refractivity (Wildman–Crippen MR) is 46.3 cm³/mol. The molecular weight excluding hydrogens is 140 g/mol. The largest absolute Gasteiger partial charge is 0.371 e. The van der Waals surface area contributed by atoms with Crippen molar-refractivity contribution in [2.45, 2.75) is 6.92 Å². The second-order valence-electron chi connectivity index (χ2n) is 2.30. The van der Waals surface area contributed by atoms with Crippen molar-refractivity contribution >= 4 is 11.5 Å². The van der Waals surface area contributed by atoms with Gasteiger partial charge < -0.3 is 10.7 Å². The van der Waals surface area contributed by atoms with Crippen LogP contribution in [0.4, 0.5) is 11.5 Å². The molecule has 4 N–H and O–H groups in total. The van der Waals surface area contributed by atoms with Crippen molar-refractivity contribution in [3.05, 3.63) is 17.8 Å². The number of anilines is 2. The van der Waals surface area contributed by atoms with Crippen molar-refractivity contribution in [1.82, 2.24) is 4.98 Å². The monoisotopic (exact) mass is 152 g/mol. The van der Waals surface area contributed by atoms with E-state index in [1.807, 2.05) is 13.0 Å². The Kier molecular flexibility index (Phi) is 2.28. The van der Waals surface area contributed by atoms with Crippen molar-refractivity contribution in [2.75, 3.05) is 17.8 Å². The molecule has 0 saturated carbocycles. The zero-order chi connectivity index (χ0) is 8.27. The first kappa shape index (κ1) is 7.81. The van der Waals surface area contributed by atoms with Gasteiger partial charge in [-0.3, -0.25) is 5.84 Å². The number of nitrogen functional groups attached to an aromatic ring is 1. The Morgan fingerprint density at radius 3 is 2.82 bits per heavy atom. The highest BCUT2D eigenvalue weighted by molar-refractivity contribution is 5.63. The van der Waals surface area contributed by atoms with Crippen molar-refractivity contribution in [1.29, 1.82) is 0 Å². The Labute approximate surface area is 65.8 Å². The van der Waals surface area contributed by atoms with E-state index < -0.39 is 0 Å². The van der Waals surface area contributed by atoms with Gasteiger partial charge in [0.25, 0.3) is 0 Å². The topological polar surface area (TPSA) is 63.0 Å². The quantitative estimate of drug-likeness (QED) is 0.431. The second kappa shape index (κ2) is 3.21. The maximum Gasteiger partial charge on any atom is 0.150 e. The lowest BCUT2D eigenvalue weighted by molar-refractivity contribution is 1.21. The molecule has 1 aromatic heterocycles. The Hall–Kier alpha value is -1.29. The number of nitrogens with zero attached hydrogens (tertiary/aromatic N) is 1. The number of hydrogen-bond acceptors (Lipinski definition) is 4. The molecule has 0 fully saturated rings. The summed E-state index contributed by atoms with van der Waals surface area (Å²) in [7, 11) is 1.80. The fraction of sp³-hybridized carbons (Fsp3) is 0.286. The molecular formula is C7H12N4. The fourth-order valence-corrected chi connectivity index (χ4v) is 0.878. The van der Waals surface area contributed by atoms with Crippen LogP contribution < -0.4 is 16.6 Å². The molecule has 0 bridgehead atoms. The third kappa shape index (κ3) is 1.59. The Morgan fingerprint density at radius 2 is 2.27 bits per heavy atom. The molecule has 1 aromatic rings. The fourth-order valence-electron chi connectivity index (χ4n) is 0.878. The van der Waals surface area contributed by atoms with E-state index in [1.54, 1.807) is 13.2 Å². The van der Waals surface area contributed by atoms with Gasteiger partial charge in [0.15, 0.2) is 0 Å². The molecule has 0 radical (unpaired) electrons. The minimum atomic E-state index is 0.762. The summed E-state index contributed by atoms with van der Waals surface area (Å²) in [5.41, 5.74) is 4.46. The minimum absolute atomic E-state index is 0.762. The molecule has 0 saturated heterocycles. The summed E-state index contributed by atoms with van der Waals surface area (Å²) in [5.74, 6) is 6.03. The van der Waals surface area contributed by atoms with Crippen LogP contribution in [0.5, 0.6) is 0 Å². The summed E-state index contributed by atoms with van der Waals surface area (Å²) < 4.78 is 0. The molecule has 0 amide bonds. The standard InChI is InChI=1S/C7H12N4/c1-5-3-6(11-8)7(9-2)10-4-5/h3-4,11H,8H2,1-2H3,(H,9,10). The van der Waals surface area contributed by atoms with Gasteiger partial charge in [-0.15, -0.1) is 0 Å². The van der Waals surface area contributed by atoms with Gasteiger partial charge in [0.2, 0.25) is 0 Å². The Morgan fingerprint density at radius 1 is 1.55 bits per heavy atom. The number of pyridine rings is 1. The summed E-state index contributed by atoms with van der Waals surface area (Å²) in [5, 5.41) is 2.92. The molecule has 0 spiro atoms. The van der Waals surface area contributed by atoms with Crippen molar-refractivity contribution in [2.24, 2.45) is 5.84 Å². The van der Waals surface area contributed by atoms with Gasteiger partial charge in [-0.25, -0.2) is 4.98 Å². The van der Waals surface area contributed by atoms with Crippen LogP contribution in [0.1, 0.15) is 5.56 Å². The van der Waals surface area contributed by atoms with Crippen LogP contribution in [0.25, 0.3) is 0 Å². The number of nitrogens with two attached hydrogens (primary N) is 1. The van der Waals surface area contributed by atoms with Gasteiger partial charge in [-0.05, 0) is 18.6 Å². The molecule has 0 atom stereocenters. The Balaban J connectivity index is 3.06. The Bertz CT molecular complexity index is 246. The van der Waals surface area contributed by atoms with Crippen LogP contribution in [0.3, 0.4) is 0 Å². The molecule has 1 rings (SSSR count). The van der Waals surface area contributed by atoms with E-state index in [1.165, 1.54) is 0 Å². The summed E-state index contributed by atoms with van der Waals surface area (Å²) >= 11 is 0. The first-order valence-corrected chi connectivity index (χ1v) is 3.39. The summed E-state index contributed by atoms with van der Waals surface area (Å²) in [6.07, 6.45) is 1.78. The zero-order valence-corrected chi connectivity index (χ0v) is 6.68. The highest BCUT2D eigenvalue weighted by Gasteiger charge is 1.98. The van der Waals surface area contributed by atoms with Crippen LogP contribution in [-0.4, -0.2) is 12.0 Å². The van der Waals surface area contributed by atoms with Crippen LogP contribution in [0.2, 0.25) is 0 Å². The highest BCUT2D eigenvalue weighted by atomic mass is 15.2. The van der Waals surface area contributed by atoms with E-state index in [0.29, 0.717) is 0 Å². The van der Waals surface area contributed by atoms with Crippen LogP contribution in [-0.2, 0) is 0 Å². The lowest BCUT2D eigenvalue weighted by Crippen LogP contribution is -2.10. The molecule has 1 heterocycles. The van der Waals surface area contributed by atoms with E-state index in [0.717, 1.165) is 17.1 Å². The smallest absolute Gasteiger partial charge is 0.150 e. The first-order valence-electron chi connectivity index (χ1n) is 3.39. The highest BCUT2D eigenvalue weighted by Crippen LogP contribution is 2.17. The minimum Gasteiger partial charge on any atom is -0.371 e. The number of aryl methyl sites for hydroxylation is 1. The van der Waals surface area contributed by atoms with Gasteiger partial charge in [0.05, 0.1) is 5.69 Å². The lowest BCUT2D eigenvalue weighted by atomic mass is 10.3. The predicted octanol–water partition coefficient (Wildman–Crippen LogP) is 0.717. The van der Waals surface area contributed by atoms with Crippen molar-refractivity contribution in [3.63, 3.8) is 0 Å². The van der Waals surface area contributed by atoms with Crippen molar-refractivity contribution in [3.8, 4) is 0 Å². The maximum absolute atomic E-state index is 5.27. The SMILES string of the molecule is CNc1ncc(C)cc1NN. The van der Waals surface area contributed by atoms with E-state index in [2.05, 4.69) is 15.7 Å². The molecule has 0 unspecified atom stereocenters. The molecule has 11 heavy (non-hydrogen) atoms. The molecule has 60 valence electrons.